The number of amides is 1. The van der Waals surface area contributed by atoms with Gasteiger partial charge in [0.15, 0.2) is 0 Å². The van der Waals surface area contributed by atoms with Crippen molar-refractivity contribution in [1.29, 1.82) is 0 Å². The lowest BCUT2D eigenvalue weighted by Crippen LogP contribution is -2.49. The highest BCUT2D eigenvalue weighted by molar-refractivity contribution is 9.10. The van der Waals surface area contributed by atoms with Crippen LogP contribution in [0.25, 0.3) is 10.9 Å². The molecule has 4 heterocycles. The van der Waals surface area contributed by atoms with Gasteiger partial charge in [0.05, 0.1) is 0 Å². The first-order chi connectivity index (χ1) is 13.1. The molecule has 2 bridgehead atoms. The van der Waals surface area contributed by atoms with Crippen molar-refractivity contribution < 1.29 is 4.79 Å². The summed E-state index contributed by atoms with van der Waals surface area (Å²) in [7, 11) is 0. The number of nitrogens with zero attached hydrogens (tertiary/aromatic N) is 3. The zero-order valence-corrected chi connectivity index (χ0v) is 16.4. The SMILES string of the molecule is O=C(Cn1ccc2c(Br)cccc21)N1CC2C[C@@H](C1)Cn1c2cccc1=O. The quantitative estimate of drug-likeness (QED) is 0.632. The standard InChI is InChI=1S/C21H20BrN3O2/c22-17-3-1-5-19-16(17)7-8-23(19)13-21(27)24-10-14-9-15(12-24)18-4-2-6-20(26)25(18)11-14/h1-8,14-15H,9-13H2/t14-,15?/m0/s1. The van der Waals surface area contributed by atoms with Crippen molar-refractivity contribution in [2.24, 2.45) is 5.92 Å². The predicted molar refractivity (Wildman–Crippen MR) is 108 cm³/mol. The lowest BCUT2D eigenvalue weighted by Gasteiger charge is -2.42. The molecule has 3 aromatic rings. The van der Waals surface area contributed by atoms with E-state index < -0.39 is 0 Å². The van der Waals surface area contributed by atoms with Crippen LogP contribution >= 0.6 is 15.9 Å². The highest BCUT2D eigenvalue weighted by Crippen LogP contribution is 2.35. The fraction of sp³-hybridized carbons (Fsp3) is 0.333. The lowest BCUT2D eigenvalue weighted by molar-refractivity contribution is -0.134. The monoisotopic (exact) mass is 425 g/mol. The Balaban J connectivity index is 1.39. The maximum Gasteiger partial charge on any atom is 0.250 e. The number of likely N-dealkylation sites (tertiary alicyclic amines) is 1. The molecule has 1 amide bonds. The van der Waals surface area contributed by atoms with E-state index in [1.165, 1.54) is 0 Å². The Hall–Kier alpha value is -2.34. The van der Waals surface area contributed by atoms with E-state index in [-0.39, 0.29) is 17.4 Å². The number of piperidine rings is 1. The van der Waals surface area contributed by atoms with Gasteiger partial charge in [-0.15, -0.1) is 0 Å². The van der Waals surface area contributed by atoms with Gasteiger partial charge < -0.3 is 14.0 Å². The van der Waals surface area contributed by atoms with E-state index in [9.17, 15) is 9.59 Å². The summed E-state index contributed by atoms with van der Waals surface area (Å²) in [5.41, 5.74) is 2.21. The van der Waals surface area contributed by atoms with Gasteiger partial charge in [0, 0.05) is 58.9 Å². The molecule has 1 unspecified atom stereocenters. The molecule has 0 spiro atoms. The Morgan fingerprint density at radius 3 is 2.81 bits per heavy atom. The molecule has 138 valence electrons. The summed E-state index contributed by atoms with van der Waals surface area (Å²) in [6.45, 7) is 2.50. The molecule has 0 aliphatic carbocycles. The number of pyridine rings is 1. The second kappa shape index (κ2) is 6.37. The molecule has 6 heteroatoms. The zero-order valence-electron chi connectivity index (χ0n) is 14.8. The first-order valence-corrected chi connectivity index (χ1v) is 10.1. The van der Waals surface area contributed by atoms with E-state index in [1.54, 1.807) is 6.07 Å². The van der Waals surface area contributed by atoms with Crippen LogP contribution in [0.3, 0.4) is 0 Å². The highest BCUT2D eigenvalue weighted by Gasteiger charge is 2.36. The average molecular weight is 426 g/mol. The topological polar surface area (TPSA) is 47.2 Å². The summed E-state index contributed by atoms with van der Waals surface area (Å²) < 4.78 is 4.96. The predicted octanol–water partition coefficient (Wildman–Crippen LogP) is 3.21. The van der Waals surface area contributed by atoms with Crippen LogP contribution in [-0.4, -0.2) is 33.0 Å². The molecule has 5 rings (SSSR count). The number of benzene rings is 1. The fourth-order valence-corrected chi connectivity index (χ4v) is 5.16. The van der Waals surface area contributed by atoms with Crippen molar-refractivity contribution in [2.75, 3.05) is 13.1 Å². The number of carbonyl (C=O) groups excluding carboxylic acids is 1. The molecule has 27 heavy (non-hydrogen) atoms. The number of halogens is 1. The summed E-state index contributed by atoms with van der Waals surface area (Å²) in [5.74, 6) is 0.760. The summed E-state index contributed by atoms with van der Waals surface area (Å²) in [6, 6.07) is 13.6. The van der Waals surface area contributed by atoms with E-state index in [4.69, 9.17) is 0 Å². The van der Waals surface area contributed by atoms with Crippen LogP contribution in [0.4, 0.5) is 0 Å². The Morgan fingerprint density at radius 1 is 1.07 bits per heavy atom. The van der Waals surface area contributed by atoms with Gasteiger partial charge >= 0.3 is 0 Å². The number of fused-ring (bicyclic) bond motifs is 5. The molecule has 2 aliphatic heterocycles. The molecule has 0 saturated carbocycles. The summed E-state index contributed by atoms with van der Waals surface area (Å²) in [5, 5.41) is 1.12. The largest absolute Gasteiger partial charge is 0.340 e. The van der Waals surface area contributed by atoms with Crippen molar-refractivity contribution in [3.63, 3.8) is 0 Å². The van der Waals surface area contributed by atoms with Gasteiger partial charge in [0.2, 0.25) is 5.91 Å². The van der Waals surface area contributed by atoms with Crippen molar-refractivity contribution in [2.45, 2.75) is 25.4 Å². The Morgan fingerprint density at radius 2 is 1.93 bits per heavy atom. The van der Waals surface area contributed by atoms with E-state index in [0.29, 0.717) is 25.6 Å². The number of aromatic nitrogens is 2. The van der Waals surface area contributed by atoms with Crippen LogP contribution in [0.5, 0.6) is 0 Å². The maximum atomic E-state index is 13.0. The van der Waals surface area contributed by atoms with Gasteiger partial charge in [-0.25, -0.2) is 0 Å². The number of carbonyl (C=O) groups is 1. The van der Waals surface area contributed by atoms with E-state index in [2.05, 4.69) is 15.9 Å². The van der Waals surface area contributed by atoms with Gasteiger partial charge in [-0.1, -0.05) is 28.1 Å². The molecule has 2 aromatic heterocycles. The Kier molecular flexibility index (Phi) is 3.97. The summed E-state index contributed by atoms with van der Waals surface area (Å²) in [4.78, 5) is 27.2. The molecule has 0 N–H and O–H groups in total. The number of rotatable bonds is 2. The third-order valence-corrected chi connectivity index (χ3v) is 6.59. The minimum atomic E-state index is 0.0753. The second-order valence-corrected chi connectivity index (χ2v) is 8.47. The molecule has 2 aliphatic rings. The van der Waals surface area contributed by atoms with E-state index in [0.717, 1.165) is 34.0 Å². The van der Waals surface area contributed by atoms with Gasteiger partial charge in [-0.05, 0) is 36.6 Å². The minimum absolute atomic E-state index is 0.0753. The molecule has 1 fully saturated rings. The zero-order chi connectivity index (χ0) is 18.5. The highest BCUT2D eigenvalue weighted by atomic mass is 79.9. The van der Waals surface area contributed by atoms with Gasteiger partial charge in [0.25, 0.3) is 5.56 Å². The third-order valence-electron chi connectivity index (χ3n) is 5.90. The lowest BCUT2D eigenvalue weighted by atomic mass is 9.83. The normalized spacial score (nSPS) is 21.3. The van der Waals surface area contributed by atoms with E-state index >= 15 is 0 Å². The van der Waals surface area contributed by atoms with Crippen LogP contribution in [0.15, 0.2) is 57.9 Å². The van der Waals surface area contributed by atoms with Crippen LogP contribution < -0.4 is 5.56 Å². The van der Waals surface area contributed by atoms with Crippen LogP contribution in [0.2, 0.25) is 0 Å². The summed E-state index contributed by atoms with van der Waals surface area (Å²) >= 11 is 3.57. The van der Waals surface area contributed by atoms with Gasteiger partial charge in [-0.3, -0.25) is 9.59 Å². The molecule has 0 radical (unpaired) electrons. The number of hydrogen-bond acceptors (Lipinski definition) is 2. The van der Waals surface area contributed by atoms with Crippen LogP contribution in [0.1, 0.15) is 18.0 Å². The molecule has 1 aromatic carbocycles. The van der Waals surface area contributed by atoms with Gasteiger partial charge in [-0.2, -0.15) is 0 Å². The molecule has 2 atom stereocenters. The maximum absolute atomic E-state index is 13.0. The minimum Gasteiger partial charge on any atom is -0.340 e. The molecule has 5 nitrogen and oxygen atoms in total. The summed E-state index contributed by atoms with van der Waals surface area (Å²) in [6.07, 6.45) is 3.04. The van der Waals surface area contributed by atoms with Crippen LogP contribution in [0, 0.1) is 5.92 Å². The fourth-order valence-electron chi connectivity index (χ4n) is 4.67. The first-order valence-electron chi connectivity index (χ1n) is 9.31. The molecular formula is C21H20BrN3O2. The smallest absolute Gasteiger partial charge is 0.250 e. The molecular weight excluding hydrogens is 406 g/mol. The first kappa shape index (κ1) is 16.8. The third kappa shape index (κ3) is 2.83. The Labute approximate surface area is 165 Å². The van der Waals surface area contributed by atoms with Crippen LogP contribution in [-0.2, 0) is 17.9 Å². The van der Waals surface area contributed by atoms with Crippen molar-refractivity contribution >= 4 is 32.7 Å². The Bertz CT molecular complexity index is 1100. The van der Waals surface area contributed by atoms with Crippen molar-refractivity contribution in [3.05, 3.63) is 69.2 Å². The van der Waals surface area contributed by atoms with Crippen molar-refractivity contribution in [1.82, 2.24) is 14.0 Å². The van der Waals surface area contributed by atoms with Crippen molar-refractivity contribution in [3.8, 4) is 0 Å². The van der Waals surface area contributed by atoms with Gasteiger partial charge in [0.1, 0.15) is 6.54 Å². The second-order valence-electron chi connectivity index (χ2n) is 7.61. The molecule has 1 saturated heterocycles. The number of hydrogen-bond donors (Lipinski definition) is 0. The van der Waals surface area contributed by atoms with E-state index in [1.807, 2.05) is 56.6 Å². The average Bonchev–Trinajstić information content (AvgIpc) is 3.07.